The van der Waals surface area contributed by atoms with Crippen LogP contribution < -0.4 is 9.80 Å². The van der Waals surface area contributed by atoms with E-state index in [1.807, 2.05) is 0 Å². The van der Waals surface area contributed by atoms with Gasteiger partial charge in [0.15, 0.2) is 0 Å². The van der Waals surface area contributed by atoms with Crippen molar-refractivity contribution in [2.45, 2.75) is 17.8 Å². The van der Waals surface area contributed by atoms with Crippen LogP contribution in [0.1, 0.15) is 50.1 Å². The smallest absolute Gasteiger partial charge is 0.0726 e. The molecule has 1 atom stereocenters. The van der Waals surface area contributed by atoms with Crippen LogP contribution >= 0.6 is 0 Å². The quantitative estimate of drug-likeness (QED) is 0.135. The Hall–Kier alpha value is -12.1. The van der Waals surface area contributed by atoms with Gasteiger partial charge < -0.3 is 9.80 Å². The van der Waals surface area contributed by atoms with Crippen molar-refractivity contribution in [1.82, 2.24) is 0 Å². The molecule has 15 aromatic carbocycles. The molecule has 0 N–H and O–H groups in total. The summed E-state index contributed by atoms with van der Waals surface area (Å²) in [5, 5.41) is 0. The third-order valence-electron chi connectivity index (χ3n) is 21.0. The summed E-state index contributed by atoms with van der Waals surface area (Å²) in [4.78, 5) is 4.93. The van der Waals surface area contributed by atoms with E-state index in [0.29, 0.717) is 0 Å². The number of fused-ring (bicyclic) bond motifs is 20. The van der Waals surface area contributed by atoms with E-state index in [4.69, 9.17) is 0 Å². The van der Waals surface area contributed by atoms with Crippen LogP contribution in [-0.2, 0) is 10.8 Å². The number of hydrogen-bond donors (Lipinski definition) is 0. The molecule has 19 rings (SSSR count). The summed E-state index contributed by atoms with van der Waals surface area (Å²) in [6.07, 6.45) is 0. The molecule has 0 amide bonds. The lowest BCUT2D eigenvalue weighted by atomic mass is 9.70. The van der Waals surface area contributed by atoms with Crippen LogP contribution in [-0.4, -0.2) is 0 Å². The van der Waals surface area contributed by atoms with E-state index in [-0.39, 0.29) is 0 Å². The lowest BCUT2D eigenvalue weighted by Gasteiger charge is -2.33. The number of para-hydroxylation sites is 1. The lowest BCUT2D eigenvalue weighted by molar-refractivity contribution is 0.793. The molecule has 2 heteroatoms. The van der Waals surface area contributed by atoms with Gasteiger partial charge in [0.25, 0.3) is 0 Å². The van der Waals surface area contributed by atoms with Crippen molar-refractivity contribution < 1.29 is 0 Å². The molecule has 15 aromatic rings. The van der Waals surface area contributed by atoms with Crippen molar-refractivity contribution in [1.29, 1.82) is 0 Å². The Morgan fingerprint density at radius 1 is 0.179 bits per heavy atom. The Morgan fingerprint density at radius 3 is 0.947 bits per heavy atom. The fraction of sp³-hybridized carbons (Fsp3) is 0.0323. The molecular formula is C93H62N2. The zero-order valence-electron chi connectivity index (χ0n) is 52.5. The van der Waals surface area contributed by atoms with E-state index in [1.54, 1.807) is 0 Å². The summed E-state index contributed by atoms with van der Waals surface area (Å²) < 4.78 is 0. The van der Waals surface area contributed by atoms with E-state index in [2.05, 4.69) is 375 Å². The van der Waals surface area contributed by atoms with Crippen molar-refractivity contribution in [3.8, 4) is 89.0 Å². The van der Waals surface area contributed by atoms with Crippen molar-refractivity contribution in [2.24, 2.45) is 0 Å². The van der Waals surface area contributed by atoms with Crippen molar-refractivity contribution >= 4 is 34.1 Å². The monoisotopic (exact) mass is 1210 g/mol. The van der Waals surface area contributed by atoms with Crippen LogP contribution in [0.5, 0.6) is 0 Å². The Balaban J connectivity index is 0.752. The predicted octanol–water partition coefficient (Wildman–Crippen LogP) is 24.3. The zero-order chi connectivity index (χ0) is 62.8. The number of rotatable bonds is 10. The predicted molar refractivity (Wildman–Crippen MR) is 395 cm³/mol. The molecule has 0 aliphatic heterocycles. The van der Waals surface area contributed by atoms with E-state index in [9.17, 15) is 0 Å². The maximum atomic E-state index is 2.53. The average Bonchev–Trinajstić information content (AvgIpc) is 1.52. The molecule has 0 aromatic heterocycles. The molecule has 0 heterocycles. The fourth-order valence-electron chi connectivity index (χ4n) is 16.9. The van der Waals surface area contributed by atoms with Crippen LogP contribution in [0.3, 0.4) is 0 Å². The Morgan fingerprint density at radius 2 is 0.474 bits per heavy atom. The van der Waals surface area contributed by atoms with Gasteiger partial charge >= 0.3 is 0 Å². The molecule has 444 valence electrons. The van der Waals surface area contributed by atoms with Gasteiger partial charge in [0.1, 0.15) is 0 Å². The van der Waals surface area contributed by atoms with Gasteiger partial charge in [-0.15, -0.1) is 0 Å². The maximum Gasteiger partial charge on any atom is 0.0726 e. The highest BCUT2D eigenvalue weighted by atomic mass is 15.1. The van der Waals surface area contributed by atoms with Crippen molar-refractivity contribution in [2.75, 3.05) is 9.80 Å². The Bertz CT molecular complexity index is 5390. The average molecular weight is 1210 g/mol. The highest BCUT2D eigenvalue weighted by Crippen LogP contribution is 2.66. The largest absolute Gasteiger partial charge is 0.310 e. The summed E-state index contributed by atoms with van der Waals surface area (Å²) in [6.45, 7) is 2.17. The minimum Gasteiger partial charge on any atom is -0.310 e. The molecule has 2 nitrogen and oxygen atoms in total. The maximum absolute atomic E-state index is 2.53. The molecule has 4 aliphatic rings. The number of anilines is 6. The fourth-order valence-corrected chi connectivity index (χ4v) is 16.9. The minimum absolute atomic E-state index is 0.477. The van der Waals surface area contributed by atoms with E-state index in [1.165, 1.54) is 122 Å². The molecular weight excluding hydrogens is 1150 g/mol. The van der Waals surface area contributed by atoms with E-state index < -0.39 is 10.8 Å². The second kappa shape index (κ2) is 21.5. The van der Waals surface area contributed by atoms with Gasteiger partial charge in [-0.2, -0.15) is 0 Å². The molecule has 0 bridgehead atoms. The van der Waals surface area contributed by atoms with E-state index in [0.717, 1.165) is 50.8 Å². The molecule has 0 radical (unpaired) electrons. The van der Waals surface area contributed by atoms with Crippen LogP contribution in [0.4, 0.5) is 34.1 Å². The standard InChI is InChI=1S/C93H62N2/c1-61-39-46-71(47-40-61)95(73-53-56-81-78-31-10-16-35-85(78)92(89(81)60-73)83-33-14-8-28-75(83)76-29-9-15-34-84(76)92)91-38-19-13-27-74(91)68-26-20-25-66(57-68)67-45-54-80-77-30-11-17-36-86(77)93(88(80)58-67)87-37-18-12-32-79(87)82-55-52-72(59-90(82)93)94(69-48-41-64(42-49-69)62-21-4-2-5-22-62)70-50-43-65(44-51-70)63-23-6-3-7-24-63/h2-60H,1H3. The number of hydrogen-bond acceptors (Lipinski definition) is 2. The lowest BCUT2D eigenvalue weighted by Crippen LogP contribution is -2.26. The number of benzene rings is 15. The molecule has 4 aliphatic carbocycles. The number of aryl methyl sites for hydroxylation is 1. The third kappa shape index (κ3) is 8.17. The summed E-state index contributed by atoms with van der Waals surface area (Å²) in [7, 11) is 0. The zero-order valence-corrected chi connectivity index (χ0v) is 52.5. The van der Waals surface area contributed by atoms with Crippen molar-refractivity contribution in [3.63, 3.8) is 0 Å². The topological polar surface area (TPSA) is 6.48 Å². The molecule has 1 unspecified atom stereocenters. The second-order valence-electron chi connectivity index (χ2n) is 25.9. The van der Waals surface area contributed by atoms with Crippen LogP contribution in [0, 0.1) is 6.92 Å². The van der Waals surface area contributed by atoms with Gasteiger partial charge in [-0.3, -0.25) is 0 Å². The molecule has 0 fully saturated rings. The first-order chi connectivity index (χ1) is 47.0. The normalized spacial score (nSPS) is 14.3. The third-order valence-corrected chi connectivity index (χ3v) is 21.0. The van der Waals surface area contributed by atoms with Gasteiger partial charge in [0.05, 0.1) is 16.5 Å². The van der Waals surface area contributed by atoms with Gasteiger partial charge in [-0.25, -0.2) is 0 Å². The van der Waals surface area contributed by atoms with Crippen molar-refractivity contribution in [3.05, 3.63) is 408 Å². The first-order valence-electron chi connectivity index (χ1n) is 33.1. The Kier molecular flexibility index (Phi) is 12.4. The molecule has 2 spiro atoms. The molecule has 95 heavy (non-hydrogen) atoms. The second-order valence-corrected chi connectivity index (χ2v) is 25.9. The van der Waals surface area contributed by atoms with Gasteiger partial charge in [-0.1, -0.05) is 285 Å². The summed E-state index contributed by atoms with van der Waals surface area (Å²) >= 11 is 0. The SMILES string of the molecule is Cc1ccc(N(c2ccc3c(c2)C2(c4ccccc4-c4ccccc42)c2ccccc2-3)c2ccccc2-c2cccc(-c3ccc4c(c3)C3(c5ccccc5-4)c4ccccc4-c4ccc(N(c5ccc(-c6ccccc6)cc5)c5ccc(-c6ccccc6)cc5)cc43)c2)cc1. The molecule has 0 saturated heterocycles. The van der Waals surface area contributed by atoms with Gasteiger partial charge in [-0.05, 0) is 214 Å². The van der Waals surface area contributed by atoms with Gasteiger partial charge in [0.2, 0.25) is 0 Å². The summed E-state index contributed by atoms with van der Waals surface area (Å²) in [6, 6.07) is 134. The highest BCUT2D eigenvalue weighted by Gasteiger charge is 2.53. The Labute approximate surface area is 555 Å². The molecule has 0 saturated carbocycles. The van der Waals surface area contributed by atoms with Crippen LogP contribution in [0.15, 0.2) is 358 Å². The van der Waals surface area contributed by atoms with Crippen LogP contribution in [0.2, 0.25) is 0 Å². The van der Waals surface area contributed by atoms with Gasteiger partial charge in [0, 0.05) is 34.0 Å². The summed E-state index contributed by atoms with van der Waals surface area (Å²) in [5.41, 5.74) is 36.9. The van der Waals surface area contributed by atoms with Crippen LogP contribution in [0.25, 0.3) is 89.0 Å². The van der Waals surface area contributed by atoms with E-state index >= 15 is 0 Å². The first kappa shape index (κ1) is 54.6. The summed E-state index contributed by atoms with van der Waals surface area (Å²) in [5.74, 6) is 0. The highest BCUT2D eigenvalue weighted by molar-refractivity contribution is 6.00. The number of nitrogens with zero attached hydrogens (tertiary/aromatic N) is 2. The minimum atomic E-state index is -0.610. The first-order valence-corrected chi connectivity index (χ1v) is 33.1.